The molecule has 1 saturated heterocycles. The fourth-order valence-corrected chi connectivity index (χ4v) is 6.17. The summed E-state index contributed by atoms with van der Waals surface area (Å²) in [6, 6.07) is 6.60. The van der Waals surface area contributed by atoms with Crippen LogP contribution in [0.3, 0.4) is 0 Å². The third-order valence-electron chi connectivity index (χ3n) is 7.59. The predicted molar refractivity (Wildman–Crippen MR) is 166 cm³/mol. The first-order valence-electron chi connectivity index (χ1n) is 14.4. The molecule has 37 heavy (non-hydrogen) atoms. The minimum absolute atomic E-state index is 0.512. The number of allylic oxidation sites excluding steroid dienone is 5. The molecule has 2 aromatic rings. The van der Waals surface area contributed by atoms with Crippen molar-refractivity contribution in [1.29, 1.82) is 0 Å². The molecule has 4 nitrogen and oxygen atoms in total. The summed E-state index contributed by atoms with van der Waals surface area (Å²) in [5.41, 5.74) is 7.49. The van der Waals surface area contributed by atoms with Gasteiger partial charge in [0, 0.05) is 35.7 Å². The highest BCUT2D eigenvalue weighted by atomic mass is 32.2. The van der Waals surface area contributed by atoms with Crippen molar-refractivity contribution < 1.29 is 0 Å². The second-order valence-corrected chi connectivity index (χ2v) is 11.9. The molecular formula is C32H50N4S. The van der Waals surface area contributed by atoms with Crippen LogP contribution in [-0.4, -0.2) is 40.7 Å². The van der Waals surface area contributed by atoms with Gasteiger partial charge >= 0.3 is 0 Å². The Morgan fingerprint density at radius 3 is 2.73 bits per heavy atom. The molecule has 3 rings (SSSR count). The number of thioether (sulfide) groups is 1. The van der Waals surface area contributed by atoms with Crippen LogP contribution in [0.4, 0.5) is 0 Å². The molecule has 1 fully saturated rings. The standard InChI is InChI=1S/C32H50N4S/c1-6-10-27(5)34-24-32-29(30-23-26(4)14-17-31(30)36(32)33)16-13-25(3)12-15-28(7-2)11-8-9-18-35-19-21-37-22-20-35/h7,12,14-15,17,23,25,34H,5-6,8-11,13,16,18-22,24,33H2,1-4H3/b15-12-,28-7-. The van der Waals surface area contributed by atoms with E-state index < -0.39 is 0 Å². The Morgan fingerprint density at radius 1 is 1.22 bits per heavy atom. The van der Waals surface area contributed by atoms with Gasteiger partial charge in [0.15, 0.2) is 0 Å². The third kappa shape index (κ3) is 9.00. The molecule has 2 heterocycles. The average Bonchev–Trinajstić information content (AvgIpc) is 3.16. The van der Waals surface area contributed by atoms with Gasteiger partial charge in [-0.1, -0.05) is 62.3 Å². The highest BCUT2D eigenvalue weighted by Crippen LogP contribution is 2.28. The molecule has 5 heteroatoms. The smallest absolute Gasteiger partial charge is 0.0697 e. The van der Waals surface area contributed by atoms with Crippen LogP contribution in [0, 0.1) is 12.8 Å². The summed E-state index contributed by atoms with van der Waals surface area (Å²) >= 11 is 2.09. The van der Waals surface area contributed by atoms with Crippen molar-refractivity contribution in [2.75, 3.05) is 37.0 Å². The van der Waals surface area contributed by atoms with Crippen molar-refractivity contribution in [2.24, 2.45) is 5.92 Å². The highest BCUT2D eigenvalue weighted by molar-refractivity contribution is 7.99. The second kappa shape index (κ2) is 15.3. The predicted octanol–water partition coefficient (Wildman–Crippen LogP) is 7.36. The normalized spacial score (nSPS) is 16.1. The number of fused-ring (bicyclic) bond motifs is 1. The van der Waals surface area contributed by atoms with E-state index >= 15 is 0 Å². The summed E-state index contributed by atoms with van der Waals surface area (Å²) in [7, 11) is 0. The van der Waals surface area contributed by atoms with E-state index in [0.717, 1.165) is 43.4 Å². The molecule has 0 radical (unpaired) electrons. The van der Waals surface area contributed by atoms with E-state index in [-0.39, 0.29) is 0 Å². The molecule has 0 bridgehead atoms. The van der Waals surface area contributed by atoms with E-state index in [1.54, 1.807) is 0 Å². The first-order chi connectivity index (χ1) is 17.9. The number of hydrogen-bond acceptors (Lipinski definition) is 4. The van der Waals surface area contributed by atoms with Gasteiger partial charge in [-0.05, 0) is 82.5 Å². The number of aromatic nitrogens is 1. The van der Waals surface area contributed by atoms with E-state index in [4.69, 9.17) is 5.84 Å². The highest BCUT2D eigenvalue weighted by Gasteiger charge is 2.17. The van der Waals surface area contributed by atoms with Gasteiger partial charge in [-0.15, -0.1) is 0 Å². The Kier molecular flexibility index (Phi) is 12.2. The number of unbranched alkanes of at least 4 members (excludes halogenated alkanes) is 1. The molecule has 1 atom stereocenters. The zero-order valence-electron chi connectivity index (χ0n) is 23.8. The number of nitrogens with zero attached hydrogens (tertiary/aromatic N) is 2. The molecule has 1 unspecified atom stereocenters. The number of nitrogens with one attached hydrogen (secondary N) is 1. The van der Waals surface area contributed by atoms with Crippen molar-refractivity contribution in [3.63, 3.8) is 0 Å². The first kappa shape index (κ1) is 29.4. The van der Waals surface area contributed by atoms with Gasteiger partial charge in [-0.3, -0.25) is 4.68 Å². The van der Waals surface area contributed by atoms with Crippen molar-refractivity contribution in [2.45, 2.75) is 79.2 Å². The van der Waals surface area contributed by atoms with Crippen molar-refractivity contribution in [3.8, 4) is 0 Å². The van der Waals surface area contributed by atoms with Crippen molar-refractivity contribution in [3.05, 3.63) is 71.1 Å². The number of aryl methyl sites for hydroxylation is 2. The lowest BCUT2D eigenvalue weighted by atomic mass is 9.96. The van der Waals surface area contributed by atoms with E-state index in [1.165, 1.54) is 78.2 Å². The quantitative estimate of drug-likeness (QED) is 0.146. The van der Waals surface area contributed by atoms with Crippen LogP contribution < -0.4 is 11.2 Å². The minimum Gasteiger partial charge on any atom is -0.383 e. The molecule has 0 saturated carbocycles. The van der Waals surface area contributed by atoms with Crippen LogP contribution in [0.15, 0.2) is 54.3 Å². The van der Waals surface area contributed by atoms with E-state index in [0.29, 0.717) is 5.92 Å². The topological polar surface area (TPSA) is 46.2 Å². The largest absolute Gasteiger partial charge is 0.383 e. The summed E-state index contributed by atoms with van der Waals surface area (Å²) in [4.78, 5) is 2.63. The lowest BCUT2D eigenvalue weighted by molar-refractivity contribution is 0.296. The van der Waals surface area contributed by atoms with Gasteiger partial charge < -0.3 is 16.1 Å². The van der Waals surface area contributed by atoms with Gasteiger partial charge in [0.05, 0.1) is 17.8 Å². The van der Waals surface area contributed by atoms with Crippen LogP contribution >= 0.6 is 11.8 Å². The zero-order chi connectivity index (χ0) is 26.6. The average molecular weight is 523 g/mol. The number of hydrogen-bond donors (Lipinski definition) is 2. The molecule has 1 aliphatic heterocycles. The monoisotopic (exact) mass is 522 g/mol. The Balaban J connectivity index is 1.57. The summed E-state index contributed by atoms with van der Waals surface area (Å²) < 4.78 is 1.89. The molecule has 0 aliphatic carbocycles. The molecule has 1 aliphatic rings. The number of nitrogen functional groups attached to an aromatic ring is 1. The van der Waals surface area contributed by atoms with Crippen LogP contribution in [0.5, 0.6) is 0 Å². The SMILES string of the molecule is C=C(CCC)NCc1c(CCC(C)/C=C\C(=C/C)CCCCN2CCSCC2)c2cc(C)ccc2n1N. The molecule has 204 valence electrons. The molecule has 0 amide bonds. The van der Waals surface area contributed by atoms with Crippen LogP contribution in [-0.2, 0) is 13.0 Å². The van der Waals surface area contributed by atoms with E-state index in [2.05, 4.69) is 92.7 Å². The lowest BCUT2D eigenvalue weighted by Crippen LogP contribution is -2.33. The van der Waals surface area contributed by atoms with Crippen molar-refractivity contribution in [1.82, 2.24) is 14.9 Å². The Bertz CT molecular complexity index is 1060. The van der Waals surface area contributed by atoms with Gasteiger partial charge in [0.1, 0.15) is 0 Å². The molecule has 3 N–H and O–H groups in total. The van der Waals surface area contributed by atoms with Crippen LogP contribution in [0.1, 0.15) is 76.1 Å². The van der Waals surface area contributed by atoms with Crippen LogP contribution in [0.2, 0.25) is 0 Å². The lowest BCUT2D eigenvalue weighted by Gasteiger charge is -2.25. The summed E-state index contributed by atoms with van der Waals surface area (Å²) in [5, 5.41) is 4.81. The van der Waals surface area contributed by atoms with Crippen molar-refractivity contribution >= 4 is 22.7 Å². The molecular weight excluding hydrogens is 472 g/mol. The second-order valence-electron chi connectivity index (χ2n) is 10.7. The summed E-state index contributed by atoms with van der Waals surface area (Å²) in [6.45, 7) is 17.6. The number of benzene rings is 1. The number of rotatable bonds is 15. The maximum atomic E-state index is 6.60. The van der Waals surface area contributed by atoms with Gasteiger partial charge in [0.2, 0.25) is 0 Å². The molecule has 1 aromatic heterocycles. The minimum atomic E-state index is 0.512. The summed E-state index contributed by atoms with van der Waals surface area (Å²) in [5.74, 6) is 9.72. The zero-order valence-corrected chi connectivity index (χ0v) is 24.6. The maximum Gasteiger partial charge on any atom is 0.0697 e. The fraction of sp³-hybridized carbons (Fsp3) is 0.562. The van der Waals surface area contributed by atoms with Crippen LogP contribution in [0.25, 0.3) is 10.9 Å². The van der Waals surface area contributed by atoms with Gasteiger partial charge in [-0.2, -0.15) is 11.8 Å². The van der Waals surface area contributed by atoms with E-state index in [9.17, 15) is 0 Å². The molecule has 1 aromatic carbocycles. The Morgan fingerprint density at radius 2 is 2.00 bits per heavy atom. The first-order valence-corrected chi connectivity index (χ1v) is 15.5. The Hall–Kier alpha value is -2.11. The fourth-order valence-electron chi connectivity index (χ4n) is 5.19. The maximum absolute atomic E-state index is 6.60. The third-order valence-corrected chi connectivity index (χ3v) is 8.53. The molecule has 0 spiro atoms. The van der Waals surface area contributed by atoms with E-state index in [1.807, 2.05) is 4.68 Å². The Labute approximate surface area is 230 Å². The van der Waals surface area contributed by atoms with Gasteiger partial charge in [0.25, 0.3) is 0 Å². The number of nitrogens with two attached hydrogens (primary N) is 1. The summed E-state index contributed by atoms with van der Waals surface area (Å²) in [6.07, 6.45) is 15.0. The van der Waals surface area contributed by atoms with Gasteiger partial charge in [-0.25, -0.2) is 0 Å².